The van der Waals surface area contributed by atoms with Gasteiger partial charge in [0.1, 0.15) is 17.7 Å². The van der Waals surface area contributed by atoms with Crippen LogP contribution >= 0.6 is 0 Å². The minimum atomic E-state index is -1.10. The van der Waals surface area contributed by atoms with Gasteiger partial charge in [0.15, 0.2) is 0 Å². The SMILES string of the molecule is COc1ccc2nccc(C(F)CC[C@@H]3CCN(CCCc4ccccc4OC)C[C@@H]3CCC(=O)O)c2c1. The summed E-state index contributed by atoms with van der Waals surface area (Å²) in [6.45, 7) is 2.80. The average Bonchev–Trinajstić information content (AvgIpc) is 2.94. The average molecular weight is 523 g/mol. The monoisotopic (exact) mass is 522 g/mol. The maximum atomic E-state index is 15.6. The van der Waals surface area contributed by atoms with Crippen LogP contribution in [-0.2, 0) is 11.2 Å². The zero-order valence-corrected chi connectivity index (χ0v) is 22.4. The number of carboxylic acid groups (broad SMARTS) is 1. The minimum Gasteiger partial charge on any atom is -0.497 e. The van der Waals surface area contributed by atoms with Gasteiger partial charge in [-0.25, -0.2) is 4.39 Å². The number of aliphatic carboxylic acids is 1. The van der Waals surface area contributed by atoms with E-state index in [-0.39, 0.29) is 12.3 Å². The summed E-state index contributed by atoms with van der Waals surface area (Å²) in [7, 11) is 3.30. The van der Waals surface area contributed by atoms with Gasteiger partial charge in [-0.1, -0.05) is 18.2 Å². The Labute approximate surface area is 224 Å². The Morgan fingerprint density at radius 2 is 1.97 bits per heavy atom. The molecule has 1 aliphatic heterocycles. The third-order valence-corrected chi connectivity index (χ3v) is 7.93. The van der Waals surface area contributed by atoms with Crippen molar-refractivity contribution >= 4 is 16.9 Å². The molecule has 204 valence electrons. The number of pyridine rings is 1. The zero-order valence-electron chi connectivity index (χ0n) is 22.4. The second-order valence-electron chi connectivity index (χ2n) is 10.3. The van der Waals surface area contributed by atoms with E-state index in [0.717, 1.165) is 62.0 Å². The van der Waals surface area contributed by atoms with Gasteiger partial charge in [0.2, 0.25) is 0 Å². The Hall–Kier alpha value is -3.19. The lowest BCUT2D eigenvalue weighted by molar-refractivity contribution is -0.137. The molecule has 3 atom stereocenters. The molecule has 1 aromatic heterocycles. The number of nitrogens with zero attached hydrogens (tertiary/aromatic N) is 2. The van der Waals surface area contributed by atoms with Crippen LogP contribution in [-0.4, -0.2) is 54.8 Å². The quantitative estimate of drug-likeness (QED) is 0.277. The molecule has 1 unspecified atom stereocenters. The van der Waals surface area contributed by atoms with E-state index in [9.17, 15) is 9.90 Å². The Morgan fingerprint density at radius 3 is 2.76 bits per heavy atom. The summed E-state index contributed by atoms with van der Waals surface area (Å²) in [5.41, 5.74) is 2.61. The van der Waals surface area contributed by atoms with E-state index in [1.165, 1.54) is 5.56 Å². The number of hydrogen-bond acceptors (Lipinski definition) is 5. The van der Waals surface area contributed by atoms with E-state index in [2.05, 4.69) is 16.0 Å². The van der Waals surface area contributed by atoms with Crippen molar-refractivity contribution in [1.29, 1.82) is 0 Å². The second-order valence-corrected chi connectivity index (χ2v) is 10.3. The molecule has 2 aromatic carbocycles. The largest absolute Gasteiger partial charge is 0.497 e. The van der Waals surface area contributed by atoms with Crippen molar-refractivity contribution in [2.75, 3.05) is 33.9 Å². The first-order chi connectivity index (χ1) is 18.5. The predicted octanol–water partition coefficient (Wildman–Crippen LogP) is 6.48. The molecule has 1 N–H and O–H groups in total. The highest BCUT2D eigenvalue weighted by molar-refractivity contribution is 5.83. The molecule has 0 bridgehead atoms. The van der Waals surface area contributed by atoms with Crippen molar-refractivity contribution < 1.29 is 23.8 Å². The summed E-state index contributed by atoms with van der Waals surface area (Å²) in [4.78, 5) is 18.2. The number of piperidine rings is 1. The molecule has 0 aliphatic carbocycles. The molecular weight excluding hydrogens is 483 g/mol. The summed E-state index contributed by atoms with van der Waals surface area (Å²) in [5, 5.41) is 10.1. The van der Waals surface area contributed by atoms with E-state index < -0.39 is 12.1 Å². The van der Waals surface area contributed by atoms with Crippen LogP contribution in [0, 0.1) is 11.8 Å². The standard InChI is InChI=1S/C31H39FN2O4/c1-37-25-11-13-29-27(20-25)26(15-17-33-29)28(32)12-9-22-16-19-34(21-24(22)10-14-31(35)36)18-5-7-23-6-3-4-8-30(23)38-2/h3-4,6,8,11,13,15,17,20,22,24,28H,5,7,9-10,12,14,16,18-19,21H2,1-2H3,(H,35,36)/t22-,24+,28?/m1/s1. The molecule has 0 radical (unpaired) electrons. The van der Waals surface area contributed by atoms with Gasteiger partial charge in [0, 0.05) is 24.5 Å². The van der Waals surface area contributed by atoms with Crippen LogP contribution in [0.4, 0.5) is 4.39 Å². The molecule has 7 heteroatoms. The number of ether oxygens (including phenoxy) is 2. The van der Waals surface area contributed by atoms with Gasteiger partial charge >= 0.3 is 5.97 Å². The fraction of sp³-hybridized carbons (Fsp3) is 0.484. The van der Waals surface area contributed by atoms with Crippen LogP contribution in [0.1, 0.15) is 55.8 Å². The molecule has 38 heavy (non-hydrogen) atoms. The van der Waals surface area contributed by atoms with Crippen LogP contribution < -0.4 is 9.47 Å². The number of carboxylic acids is 1. The van der Waals surface area contributed by atoms with Crippen molar-refractivity contribution in [3.05, 3.63) is 65.9 Å². The van der Waals surface area contributed by atoms with Crippen LogP contribution in [0.2, 0.25) is 0 Å². The molecule has 0 spiro atoms. The van der Waals surface area contributed by atoms with Gasteiger partial charge in [-0.05, 0) is 105 Å². The fourth-order valence-electron chi connectivity index (χ4n) is 5.84. The van der Waals surface area contributed by atoms with Gasteiger partial charge in [-0.15, -0.1) is 0 Å². The van der Waals surface area contributed by atoms with E-state index in [1.807, 2.05) is 36.4 Å². The van der Waals surface area contributed by atoms with Crippen molar-refractivity contribution in [1.82, 2.24) is 9.88 Å². The Morgan fingerprint density at radius 1 is 1.13 bits per heavy atom. The van der Waals surface area contributed by atoms with Crippen molar-refractivity contribution in [3.8, 4) is 11.5 Å². The number of benzene rings is 2. The first kappa shape index (κ1) is 27.8. The molecule has 6 nitrogen and oxygen atoms in total. The highest BCUT2D eigenvalue weighted by Gasteiger charge is 2.30. The van der Waals surface area contributed by atoms with Crippen LogP contribution in [0.5, 0.6) is 11.5 Å². The number of aryl methyl sites for hydroxylation is 1. The molecule has 2 heterocycles. The van der Waals surface area contributed by atoms with Crippen molar-refractivity contribution in [3.63, 3.8) is 0 Å². The maximum absolute atomic E-state index is 15.6. The lowest BCUT2D eigenvalue weighted by atomic mass is 9.79. The van der Waals surface area contributed by atoms with E-state index in [1.54, 1.807) is 26.5 Å². The predicted molar refractivity (Wildman–Crippen MR) is 148 cm³/mol. The number of likely N-dealkylation sites (tertiary alicyclic amines) is 1. The van der Waals surface area contributed by atoms with E-state index >= 15 is 4.39 Å². The molecule has 1 saturated heterocycles. The second kappa shape index (κ2) is 13.6. The summed E-state index contributed by atoms with van der Waals surface area (Å²) in [6, 6.07) is 15.4. The molecule has 3 aromatic rings. The normalized spacial score (nSPS) is 18.8. The molecular formula is C31H39FN2O4. The maximum Gasteiger partial charge on any atom is 0.303 e. The number of para-hydroxylation sites is 1. The molecule has 0 amide bonds. The lowest BCUT2D eigenvalue weighted by Gasteiger charge is -2.39. The van der Waals surface area contributed by atoms with Crippen molar-refractivity contribution in [2.45, 2.75) is 51.1 Å². The lowest BCUT2D eigenvalue weighted by Crippen LogP contribution is -2.41. The Kier molecular flexibility index (Phi) is 9.93. The van der Waals surface area contributed by atoms with E-state index in [0.29, 0.717) is 30.1 Å². The number of alkyl halides is 1. The van der Waals surface area contributed by atoms with Gasteiger partial charge in [0.05, 0.1) is 19.7 Å². The Bertz CT molecular complexity index is 1200. The number of methoxy groups -OCH3 is 2. The fourth-order valence-corrected chi connectivity index (χ4v) is 5.84. The molecule has 1 aliphatic rings. The third kappa shape index (κ3) is 7.22. The van der Waals surface area contributed by atoms with Gasteiger partial charge in [0.25, 0.3) is 0 Å². The number of fused-ring (bicyclic) bond motifs is 1. The highest BCUT2D eigenvalue weighted by Crippen LogP contribution is 2.36. The molecule has 1 fully saturated rings. The summed E-state index contributed by atoms with van der Waals surface area (Å²) in [5.74, 6) is 1.42. The molecule has 4 rings (SSSR count). The number of hydrogen-bond donors (Lipinski definition) is 1. The topological polar surface area (TPSA) is 71.9 Å². The summed E-state index contributed by atoms with van der Waals surface area (Å²) >= 11 is 0. The summed E-state index contributed by atoms with van der Waals surface area (Å²) in [6.07, 6.45) is 5.44. The zero-order chi connectivity index (χ0) is 26.9. The summed E-state index contributed by atoms with van der Waals surface area (Å²) < 4.78 is 26.4. The number of aromatic nitrogens is 1. The van der Waals surface area contributed by atoms with Crippen molar-refractivity contribution in [2.24, 2.45) is 11.8 Å². The van der Waals surface area contributed by atoms with Gasteiger partial charge in [-0.2, -0.15) is 0 Å². The van der Waals surface area contributed by atoms with E-state index in [4.69, 9.17) is 9.47 Å². The third-order valence-electron chi connectivity index (χ3n) is 7.93. The minimum absolute atomic E-state index is 0.157. The first-order valence-electron chi connectivity index (χ1n) is 13.6. The number of halogens is 1. The van der Waals surface area contributed by atoms with Crippen LogP contribution in [0.3, 0.4) is 0 Å². The van der Waals surface area contributed by atoms with Gasteiger partial charge in [-0.3, -0.25) is 9.78 Å². The smallest absolute Gasteiger partial charge is 0.303 e. The highest BCUT2D eigenvalue weighted by atomic mass is 19.1. The van der Waals surface area contributed by atoms with Gasteiger partial charge < -0.3 is 19.5 Å². The number of rotatable bonds is 13. The van der Waals surface area contributed by atoms with Crippen LogP contribution in [0.25, 0.3) is 10.9 Å². The first-order valence-corrected chi connectivity index (χ1v) is 13.6. The number of carbonyl (C=O) groups is 1. The molecule has 0 saturated carbocycles. The van der Waals surface area contributed by atoms with Crippen LogP contribution in [0.15, 0.2) is 54.7 Å². The Balaban J connectivity index is 1.35.